The average Bonchev–Trinajstić information content (AvgIpc) is 2.66. The molecule has 1 aromatic heterocycles. The van der Waals surface area contributed by atoms with Crippen molar-refractivity contribution in [3.05, 3.63) is 64.8 Å². The van der Waals surface area contributed by atoms with Gasteiger partial charge in [-0.05, 0) is 81.6 Å². The molecule has 0 saturated heterocycles. The molecule has 0 bridgehead atoms. The van der Waals surface area contributed by atoms with Crippen LogP contribution < -0.4 is 15.4 Å². The van der Waals surface area contributed by atoms with Gasteiger partial charge in [0.15, 0.2) is 0 Å². The number of nitrogens with one attached hydrogen (secondary N) is 3. The molecule has 8 heteroatoms. The van der Waals surface area contributed by atoms with Crippen LogP contribution in [0.1, 0.15) is 29.3 Å². The third kappa shape index (κ3) is 5.07. The molecule has 1 heterocycles. The molecule has 0 unspecified atom stereocenters. The lowest BCUT2D eigenvalue weighted by molar-refractivity contribution is 0.600. The first-order valence-electron chi connectivity index (χ1n) is 9.75. The summed E-state index contributed by atoms with van der Waals surface area (Å²) in [6.07, 6.45) is 0. The first kappa shape index (κ1) is 21.6. The van der Waals surface area contributed by atoms with Crippen LogP contribution in [-0.4, -0.2) is 24.9 Å². The molecule has 0 amide bonds. The van der Waals surface area contributed by atoms with Gasteiger partial charge in [0, 0.05) is 29.7 Å². The van der Waals surface area contributed by atoms with E-state index in [1.54, 1.807) is 37.3 Å². The van der Waals surface area contributed by atoms with Crippen molar-refractivity contribution in [3.63, 3.8) is 0 Å². The van der Waals surface area contributed by atoms with Crippen molar-refractivity contribution < 1.29 is 8.42 Å². The summed E-state index contributed by atoms with van der Waals surface area (Å²) in [5.41, 5.74) is 4.81. The number of aromatic nitrogens is 2. The molecule has 7 nitrogen and oxygen atoms in total. The normalized spacial score (nSPS) is 11.2. The Balaban J connectivity index is 1.77. The zero-order valence-corrected chi connectivity index (χ0v) is 18.7. The van der Waals surface area contributed by atoms with Gasteiger partial charge in [-0.2, -0.15) is 4.98 Å². The van der Waals surface area contributed by atoms with Gasteiger partial charge in [0.1, 0.15) is 5.82 Å². The molecule has 0 aliphatic carbocycles. The van der Waals surface area contributed by atoms with Crippen LogP contribution in [0.15, 0.2) is 47.4 Å². The van der Waals surface area contributed by atoms with Crippen LogP contribution in [0.4, 0.5) is 23.1 Å². The van der Waals surface area contributed by atoms with Crippen LogP contribution in [0.2, 0.25) is 0 Å². The Bertz CT molecular complexity index is 1160. The highest BCUT2D eigenvalue weighted by Crippen LogP contribution is 2.24. The molecule has 158 valence electrons. The summed E-state index contributed by atoms with van der Waals surface area (Å²) in [6.45, 7) is 10.4. The zero-order valence-electron chi connectivity index (χ0n) is 17.9. The van der Waals surface area contributed by atoms with E-state index in [0.717, 1.165) is 40.4 Å². The van der Waals surface area contributed by atoms with Gasteiger partial charge in [0.25, 0.3) is 10.0 Å². The van der Waals surface area contributed by atoms with Gasteiger partial charge in [0.05, 0.1) is 4.90 Å². The van der Waals surface area contributed by atoms with Gasteiger partial charge in [0.2, 0.25) is 5.95 Å². The maximum atomic E-state index is 12.8. The number of rotatable bonds is 7. The first-order chi connectivity index (χ1) is 14.2. The second kappa shape index (κ2) is 8.71. The van der Waals surface area contributed by atoms with Crippen molar-refractivity contribution in [2.75, 3.05) is 21.9 Å². The number of benzene rings is 2. The first-order valence-corrected chi connectivity index (χ1v) is 11.2. The van der Waals surface area contributed by atoms with Gasteiger partial charge in [-0.15, -0.1) is 0 Å². The van der Waals surface area contributed by atoms with E-state index in [1.807, 2.05) is 39.8 Å². The number of anilines is 4. The van der Waals surface area contributed by atoms with Crippen LogP contribution in [0.25, 0.3) is 0 Å². The van der Waals surface area contributed by atoms with Crippen LogP contribution in [0.3, 0.4) is 0 Å². The van der Waals surface area contributed by atoms with Crippen LogP contribution in [0.5, 0.6) is 0 Å². The fraction of sp³-hybridized carbons (Fsp3) is 0.273. The van der Waals surface area contributed by atoms with Gasteiger partial charge in [-0.3, -0.25) is 4.72 Å². The monoisotopic (exact) mass is 425 g/mol. The lowest BCUT2D eigenvalue weighted by atomic mass is 10.1. The number of hydrogen-bond donors (Lipinski definition) is 3. The number of sulfonamides is 1. The smallest absolute Gasteiger partial charge is 0.262 e. The van der Waals surface area contributed by atoms with Crippen LogP contribution in [0, 0.1) is 27.7 Å². The summed E-state index contributed by atoms with van der Waals surface area (Å²) in [4.78, 5) is 9.09. The summed E-state index contributed by atoms with van der Waals surface area (Å²) in [5.74, 6) is 1.23. The minimum absolute atomic E-state index is 0.289. The van der Waals surface area contributed by atoms with E-state index in [4.69, 9.17) is 0 Å². The predicted octanol–water partition coefficient (Wildman–Crippen LogP) is 4.69. The fourth-order valence-corrected chi connectivity index (χ4v) is 4.45. The van der Waals surface area contributed by atoms with Crippen molar-refractivity contribution in [1.82, 2.24) is 9.97 Å². The number of hydrogen-bond acceptors (Lipinski definition) is 6. The summed E-state index contributed by atoms with van der Waals surface area (Å²) < 4.78 is 28.3. The van der Waals surface area contributed by atoms with Crippen molar-refractivity contribution in [1.29, 1.82) is 0 Å². The predicted molar refractivity (Wildman–Crippen MR) is 122 cm³/mol. The molecule has 0 radical (unpaired) electrons. The highest BCUT2D eigenvalue weighted by atomic mass is 32.2. The Morgan fingerprint density at radius 3 is 2.13 bits per heavy atom. The van der Waals surface area contributed by atoms with Crippen molar-refractivity contribution in [3.8, 4) is 0 Å². The average molecular weight is 426 g/mol. The van der Waals surface area contributed by atoms with Crippen molar-refractivity contribution in [2.24, 2.45) is 0 Å². The molecule has 0 aliphatic heterocycles. The van der Waals surface area contributed by atoms with Crippen LogP contribution >= 0.6 is 0 Å². The molecular formula is C22H27N5O2S. The summed E-state index contributed by atoms with van der Waals surface area (Å²) in [6, 6.07) is 12.4. The van der Waals surface area contributed by atoms with E-state index >= 15 is 0 Å². The summed E-state index contributed by atoms with van der Waals surface area (Å²) >= 11 is 0. The van der Waals surface area contributed by atoms with Gasteiger partial charge >= 0.3 is 0 Å². The molecule has 3 aromatic rings. The topological polar surface area (TPSA) is 96.0 Å². The highest BCUT2D eigenvalue weighted by molar-refractivity contribution is 7.92. The standard InChI is InChI=1S/C22H27N5O2S/c1-6-23-21-13-17(5)24-22(26-21)25-18-7-9-19(10-8-18)27-30(28,29)20-12-15(3)14(2)11-16(20)4/h7-13,27H,6H2,1-5H3,(H2,23,24,25,26). The Morgan fingerprint density at radius 2 is 1.47 bits per heavy atom. The van der Waals surface area contributed by atoms with Crippen molar-refractivity contribution in [2.45, 2.75) is 39.5 Å². The molecular weight excluding hydrogens is 398 g/mol. The fourth-order valence-electron chi connectivity index (χ4n) is 3.08. The van der Waals surface area contributed by atoms with E-state index in [2.05, 4.69) is 25.3 Å². The Kier molecular flexibility index (Phi) is 6.26. The maximum absolute atomic E-state index is 12.8. The summed E-state index contributed by atoms with van der Waals surface area (Å²) in [7, 11) is -3.68. The SMILES string of the molecule is CCNc1cc(C)nc(Nc2ccc(NS(=O)(=O)c3cc(C)c(C)cc3C)cc2)n1. The minimum Gasteiger partial charge on any atom is -0.370 e. The lowest BCUT2D eigenvalue weighted by Gasteiger charge is -2.13. The quantitative estimate of drug-likeness (QED) is 0.508. The molecule has 2 aromatic carbocycles. The molecule has 0 fully saturated rings. The largest absolute Gasteiger partial charge is 0.370 e. The number of aryl methyl sites for hydroxylation is 4. The van der Waals surface area contributed by atoms with Gasteiger partial charge in [-0.25, -0.2) is 13.4 Å². The maximum Gasteiger partial charge on any atom is 0.262 e. The molecule has 3 rings (SSSR count). The van der Waals surface area contributed by atoms with Gasteiger partial charge < -0.3 is 10.6 Å². The van der Waals surface area contributed by atoms with E-state index in [9.17, 15) is 8.42 Å². The third-order valence-corrected chi connectivity index (χ3v) is 6.21. The molecule has 0 aliphatic rings. The minimum atomic E-state index is -3.68. The molecule has 0 spiro atoms. The van der Waals surface area contributed by atoms with Crippen molar-refractivity contribution >= 4 is 33.2 Å². The third-order valence-electron chi connectivity index (χ3n) is 4.69. The Hall–Kier alpha value is -3.13. The Labute approximate surface area is 178 Å². The van der Waals surface area contributed by atoms with E-state index in [-0.39, 0.29) is 4.90 Å². The zero-order chi connectivity index (χ0) is 21.9. The lowest BCUT2D eigenvalue weighted by Crippen LogP contribution is -2.14. The van der Waals surface area contributed by atoms with E-state index in [0.29, 0.717) is 11.6 Å². The molecule has 0 atom stereocenters. The molecule has 0 saturated carbocycles. The second-order valence-electron chi connectivity index (χ2n) is 7.26. The number of nitrogens with zero attached hydrogens (tertiary/aromatic N) is 2. The molecule has 30 heavy (non-hydrogen) atoms. The Morgan fingerprint density at radius 1 is 0.833 bits per heavy atom. The van der Waals surface area contributed by atoms with Gasteiger partial charge in [-0.1, -0.05) is 6.07 Å². The summed E-state index contributed by atoms with van der Waals surface area (Å²) in [5, 5.41) is 6.32. The molecule has 3 N–H and O–H groups in total. The van der Waals surface area contributed by atoms with E-state index < -0.39 is 10.0 Å². The highest BCUT2D eigenvalue weighted by Gasteiger charge is 2.18. The second-order valence-corrected chi connectivity index (χ2v) is 8.91. The van der Waals surface area contributed by atoms with Crippen LogP contribution in [-0.2, 0) is 10.0 Å². The van der Waals surface area contributed by atoms with E-state index in [1.165, 1.54) is 0 Å².